The first-order valence-electron chi connectivity index (χ1n) is 6.87. The molecule has 1 N–H and O–H groups in total. The minimum absolute atomic E-state index is 0.211. The molecular formula is C16H18INO4S. The Hall–Kier alpha value is -1.32. The van der Waals surface area contributed by atoms with E-state index >= 15 is 0 Å². The molecule has 1 atom stereocenters. The maximum Gasteiger partial charge on any atom is 0.241 e. The van der Waals surface area contributed by atoms with Crippen LogP contribution in [0.4, 0.5) is 0 Å². The van der Waals surface area contributed by atoms with Crippen molar-refractivity contribution in [2.75, 3.05) is 14.2 Å². The fourth-order valence-electron chi connectivity index (χ4n) is 2.08. The first-order chi connectivity index (χ1) is 10.9. The topological polar surface area (TPSA) is 64.6 Å². The third kappa shape index (κ3) is 4.36. The van der Waals surface area contributed by atoms with Crippen molar-refractivity contribution in [3.05, 3.63) is 51.6 Å². The smallest absolute Gasteiger partial charge is 0.241 e. The summed E-state index contributed by atoms with van der Waals surface area (Å²) in [5.74, 6) is 1.38. The van der Waals surface area contributed by atoms with Crippen LogP contribution in [-0.4, -0.2) is 22.6 Å². The third-order valence-electron chi connectivity index (χ3n) is 3.38. The van der Waals surface area contributed by atoms with Crippen LogP contribution in [-0.2, 0) is 10.0 Å². The summed E-state index contributed by atoms with van der Waals surface area (Å²) in [6.07, 6.45) is 0. The molecule has 0 saturated carbocycles. The molecule has 0 spiro atoms. The molecule has 2 aromatic carbocycles. The molecule has 0 aromatic heterocycles. The van der Waals surface area contributed by atoms with Crippen LogP contribution in [0.1, 0.15) is 18.5 Å². The highest BCUT2D eigenvalue weighted by molar-refractivity contribution is 14.1. The van der Waals surface area contributed by atoms with Gasteiger partial charge in [0.15, 0.2) is 0 Å². The lowest BCUT2D eigenvalue weighted by molar-refractivity contribution is 0.411. The molecule has 124 valence electrons. The molecule has 7 heteroatoms. The van der Waals surface area contributed by atoms with Crippen molar-refractivity contribution in [3.63, 3.8) is 0 Å². The zero-order valence-corrected chi connectivity index (χ0v) is 16.0. The molecule has 0 unspecified atom stereocenters. The van der Waals surface area contributed by atoms with Gasteiger partial charge in [-0.15, -0.1) is 0 Å². The van der Waals surface area contributed by atoms with Crippen molar-refractivity contribution >= 4 is 32.6 Å². The van der Waals surface area contributed by atoms with Gasteiger partial charge in [0.25, 0.3) is 0 Å². The van der Waals surface area contributed by atoms with E-state index in [4.69, 9.17) is 9.47 Å². The number of ether oxygens (including phenoxy) is 2. The summed E-state index contributed by atoms with van der Waals surface area (Å²) >= 11 is 2.05. The Morgan fingerprint density at radius 2 is 1.70 bits per heavy atom. The van der Waals surface area contributed by atoms with Gasteiger partial charge in [-0.05, 0) is 65.4 Å². The average Bonchev–Trinajstić information content (AvgIpc) is 2.54. The SMILES string of the molecule is COc1ccc([C@H](C)NS(=O)(=O)c2ccc(OC)c(I)c2)cc1. The van der Waals surface area contributed by atoms with Crippen molar-refractivity contribution in [1.29, 1.82) is 0 Å². The predicted octanol–water partition coefficient (Wildman–Crippen LogP) is 3.35. The maximum absolute atomic E-state index is 12.5. The Morgan fingerprint density at radius 1 is 1.04 bits per heavy atom. The number of sulfonamides is 1. The van der Waals surface area contributed by atoms with Gasteiger partial charge >= 0.3 is 0 Å². The van der Waals surface area contributed by atoms with E-state index in [9.17, 15) is 8.42 Å². The molecule has 0 fully saturated rings. The van der Waals surface area contributed by atoms with Crippen LogP contribution < -0.4 is 14.2 Å². The lowest BCUT2D eigenvalue weighted by Gasteiger charge is -2.15. The molecule has 0 aliphatic rings. The number of hydrogen-bond donors (Lipinski definition) is 1. The Bertz CT molecular complexity index is 775. The molecule has 23 heavy (non-hydrogen) atoms. The van der Waals surface area contributed by atoms with Crippen molar-refractivity contribution in [1.82, 2.24) is 4.72 Å². The van der Waals surface area contributed by atoms with E-state index in [1.54, 1.807) is 45.4 Å². The fraction of sp³-hybridized carbons (Fsp3) is 0.250. The van der Waals surface area contributed by atoms with Crippen LogP contribution in [0.3, 0.4) is 0 Å². The number of hydrogen-bond acceptors (Lipinski definition) is 4. The lowest BCUT2D eigenvalue weighted by atomic mass is 10.1. The van der Waals surface area contributed by atoms with Crippen LogP contribution in [0.2, 0.25) is 0 Å². The molecule has 0 heterocycles. The molecule has 0 radical (unpaired) electrons. The number of nitrogens with one attached hydrogen (secondary N) is 1. The molecule has 0 aliphatic heterocycles. The monoisotopic (exact) mass is 447 g/mol. The highest BCUT2D eigenvalue weighted by Gasteiger charge is 2.19. The first-order valence-corrected chi connectivity index (χ1v) is 9.43. The van der Waals surface area contributed by atoms with Crippen molar-refractivity contribution < 1.29 is 17.9 Å². The van der Waals surface area contributed by atoms with Gasteiger partial charge < -0.3 is 9.47 Å². The molecule has 2 aromatic rings. The van der Waals surface area contributed by atoms with Crippen LogP contribution in [0, 0.1) is 3.57 Å². The van der Waals surface area contributed by atoms with E-state index in [1.165, 1.54) is 6.07 Å². The van der Waals surface area contributed by atoms with Crippen LogP contribution >= 0.6 is 22.6 Å². The summed E-state index contributed by atoms with van der Waals surface area (Å²) in [4.78, 5) is 0.211. The zero-order valence-electron chi connectivity index (χ0n) is 13.0. The molecule has 0 bridgehead atoms. The fourth-order valence-corrected chi connectivity index (χ4v) is 4.28. The number of rotatable bonds is 6. The minimum atomic E-state index is -3.61. The molecule has 0 amide bonds. The standard InChI is InChI=1S/C16H18INO4S/c1-11(12-4-6-13(21-2)7-5-12)18-23(19,20)14-8-9-16(22-3)15(17)10-14/h4-11,18H,1-3H3/t11-/m0/s1. The van der Waals surface area contributed by atoms with Gasteiger partial charge in [0.1, 0.15) is 11.5 Å². The number of benzene rings is 2. The van der Waals surface area contributed by atoms with E-state index in [2.05, 4.69) is 4.72 Å². The van der Waals surface area contributed by atoms with E-state index in [-0.39, 0.29) is 10.9 Å². The second kappa shape index (κ2) is 7.50. The Kier molecular flexibility index (Phi) is 5.88. The zero-order chi connectivity index (χ0) is 17.0. The van der Waals surface area contributed by atoms with Crippen LogP contribution in [0.25, 0.3) is 0 Å². The van der Waals surface area contributed by atoms with Crippen molar-refractivity contribution in [2.24, 2.45) is 0 Å². The summed E-state index contributed by atoms with van der Waals surface area (Å²) in [5.41, 5.74) is 0.859. The van der Waals surface area contributed by atoms with E-state index in [0.717, 1.165) is 14.9 Å². The molecule has 5 nitrogen and oxygen atoms in total. The molecule has 0 saturated heterocycles. The molecular weight excluding hydrogens is 429 g/mol. The predicted molar refractivity (Wildman–Crippen MR) is 97.4 cm³/mol. The Balaban J connectivity index is 2.21. The minimum Gasteiger partial charge on any atom is -0.497 e. The Labute approximate surface area is 150 Å². The maximum atomic E-state index is 12.5. The van der Waals surface area contributed by atoms with Gasteiger partial charge in [-0.3, -0.25) is 0 Å². The second-order valence-electron chi connectivity index (χ2n) is 4.91. The summed E-state index contributed by atoms with van der Waals surface area (Å²) in [6.45, 7) is 1.80. The summed E-state index contributed by atoms with van der Waals surface area (Å²) in [5, 5.41) is 0. The van der Waals surface area contributed by atoms with Crippen LogP contribution in [0.5, 0.6) is 11.5 Å². The van der Waals surface area contributed by atoms with Gasteiger partial charge in [0, 0.05) is 6.04 Å². The third-order valence-corrected chi connectivity index (χ3v) is 5.76. The first kappa shape index (κ1) is 18.0. The normalized spacial score (nSPS) is 12.7. The summed E-state index contributed by atoms with van der Waals surface area (Å²) in [6, 6.07) is 11.7. The van der Waals surface area contributed by atoms with Gasteiger partial charge in [-0.1, -0.05) is 12.1 Å². The van der Waals surface area contributed by atoms with E-state index < -0.39 is 10.0 Å². The number of methoxy groups -OCH3 is 2. The van der Waals surface area contributed by atoms with Crippen molar-refractivity contribution in [2.45, 2.75) is 17.9 Å². The quantitative estimate of drug-likeness (QED) is 0.691. The lowest BCUT2D eigenvalue weighted by Crippen LogP contribution is -2.27. The largest absolute Gasteiger partial charge is 0.497 e. The average molecular weight is 447 g/mol. The molecule has 0 aliphatic carbocycles. The van der Waals surface area contributed by atoms with Gasteiger partial charge in [-0.25, -0.2) is 13.1 Å². The molecule has 2 rings (SSSR count). The summed E-state index contributed by atoms with van der Waals surface area (Å²) in [7, 11) is -0.471. The number of halogens is 1. The van der Waals surface area contributed by atoms with Gasteiger partial charge in [0.2, 0.25) is 10.0 Å². The van der Waals surface area contributed by atoms with Gasteiger partial charge in [-0.2, -0.15) is 0 Å². The second-order valence-corrected chi connectivity index (χ2v) is 7.79. The van der Waals surface area contributed by atoms with E-state index in [0.29, 0.717) is 5.75 Å². The van der Waals surface area contributed by atoms with Crippen LogP contribution in [0.15, 0.2) is 47.4 Å². The van der Waals surface area contributed by atoms with E-state index in [1.807, 2.05) is 34.7 Å². The van der Waals surface area contributed by atoms with Gasteiger partial charge in [0.05, 0.1) is 22.7 Å². The summed E-state index contributed by atoms with van der Waals surface area (Å²) < 4.78 is 38.7. The highest BCUT2D eigenvalue weighted by Crippen LogP contribution is 2.25. The Morgan fingerprint density at radius 3 is 2.22 bits per heavy atom. The van der Waals surface area contributed by atoms with Crippen molar-refractivity contribution in [3.8, 4) is 11.5 Å². The highest BCUT2D eigenvalue weighted by atomic mass is 127.